The van der Waals surface area contributed by atoms with Gasteiger partial charge in [-0.3, -0.25) is 4.79 Å². The zero-order valence-electron chi connectivity index (χ0n) is 10.6. The molecule has 3 heteroatoms. The molecule has 0 aliphatic heterocycles. The van der Waals surface area contributed by atoms with Crippen molar-refractivity contribution in [2.45, 2.75) is 58.5 Å². The van der Waals surface area contributed by atoms with Gasteiger partial charge < -0.3 is 10.5 Å². The zero-order valence-corrected chi connectivity index (χ0v) is 10.6. The topological polar surface area (TPSA) is 52.3 Å². The van der Waals surface area contributed by atoms with Gasteiger partial charge in [0.05, 0.1) is 0 Å². The van der Waals surface area contributed by atoms with Crippen molar-refractivity contribution in [3.63, 3.8) is 0 Å². The zero-order chi connectivity index (χ0) is 12.0. The molecule has 3 unspecified atom stereocenters. The van der Waals surface area contributed by atoms with Gasteiger partial charge in [0.2, 0.25) is 0 Å². The first-order chi connectivity index (χ1) is 7.65. The van der Waals surface area contributed by atoms with E-state index < -0.39 is 0 Å². The summed E-state index contributed by atoms with van der Waals surface area (Å²) < 4.78 is 5.50. The number of ether oxygens (including phenoxy) is 1. The average molecular weight is 227 g/mol. The first kappa shape index (κ1) is 13.5. The summed E-state index contributed by atoms with van der Waals surface area (Å²) >= 11 is 0. The maximum Gasteiger partial charge on any atom is 0.306 e. The molecule has 1 rings (SSSR count). The van der Waals surface area contributed by atoms with Crippen molar-refractivity contribution < 1.29 is 9.53 Å². The Kier molecular flexibility index (Phi) is 5.81. The second-order valence-corrected chi connectivity index (χ2v) is 5.10. The summed E-state index contributed by atoms with van der Waals surface area (Å²) in [5, 5.41) is 0. The molecule has 0 aromatic rings. The molecule has 1 saturated carbocycles. The number of carbonyl (C=O) groups excluding carboxylic acids is 1. The first-order valence-corrected chi connectivity index (χ1v) is 6.55. The van der Waals surface area contributed by atoms with Crippen LogP contribution in [0, 0.1) is 11.8 Å². The van der Waals surface area contributed by atoms with Crippen LogP contribution in [0.15, 0.2) is 0 Å². The van der Waals surface area contributed by atoms with Gasteiger partial charge in [-0.15, -0.1) is 0 Å². The Hall–Kier alpha value is -0.570. The Morgan fingerprint density at radius 1 is 1.50 bits per heavy atom. The first-order valence-electron chi connectivity index (χ1n) is 6.55. The molecule has 0 aromatic heterocycles. The van der Waals surface area contributed by atoms with Crippen LogP contribution < -0.4 is 5.73 Å². The van der Waals surface area contributed by atoms with E-state index >= 15 is 0 Å². The Balaban J connectivity index is 2.27. The lowest BCUT2D eigenvalue weighted by atomic mass is 9.85. The highest BCUT2D eigenvalue weighted by atomic mass is 16.5. The molecule has 1 aliphatic carbocycles. The lowest BCUT2D eigenvalue weighted by Gasteiger charge is -2.28. The van der Waals surface area contributed by atoms with Crippen molar-refractivity contribution in [1.82, 2.24) is 0 Å². The fraction of sp³-hybridized carbons (Fsp3) is 0.923. The molecule has 94 valence electrons. The van der Waals surface area contributed by atoms with Gasteiger partial charge in [0.25, 0.3) is 0 Å². The number of esters is 1. The fourth-order valence-electron chi connectivity index (χ4n) is 2.32. The molecule has 0 bridgehead atoms. The highest BCUT2D eigenvalue weighted by Gasteiger charge is 2.24. The Morgan fingerprint density at radius 2 is 2.25 bits per heavy atom. The van der Waals surface area contributed by atoms with Gasteiger partial charge in [-0.05, 0) is 37.6 Å². The summed E-state index contributed by atoms with van der Waals surface area (Å²) in [7, 11) is 0. The Labute approximate surface area is 98.7 Å². The minimum Gasteiger partial charge on any atom is -0.462 e. The second-order valence-electron chi connectivity index (χ2n) is 5.10. The van der Waals surface area contributed by atoms with E-state index in [-0.39, 0.29) is 18.0 Å². The van der Waals surface area contributed by atoms with E-state index in [1.807, 2.05) is 6.92 Å². The minimum atomic E-state index is -0.0697. The Morgan fingerprint density at radius 3 is 2.88 bits per heavy atom. The molecule has 3 atom stereocenters. The van der Waals surface area contributed by atoms with Crippen molar-refractivity contribution in [3.8, 4) is 0 Å². The molecule has 16 heavy (non-hydrogen) atoms. The van der Waals surface area contributed by atoms with Gasteiger partial charge in [0.1, 0.15) is 6.10 Å². The van der Waals surface area contributed by atoms with Gasteiger partial charge in [0.15, 0.2) is 0 Å². The SMILES string of the molecule is CCC1CCCC(OC(=O)CC(C)CN)C1. The van der Waals surface area contributed by atoms with Gasteiger partial charge in [-0.25, -0.2) is 0 Å². The summed E-state index contributed by atoms with van der Waals surface area (Å²) in [6, 6.07) is 0. The third-order valence-electron chi connectivity index (χ3n) is 3.53. The van der Waals surface area contributed by atoms with E-state index in [2.05, 4.69) is 6.92 Å². The molecule has 1 aliphatic rings. The number of rotatable bonds is 5. The van der Waals surface area contributed by atoms with Crippen molar-refractivity contribution >= 4 is 5.97 Å². The van der Waals surface area contributed by atoms with Crippen LogP contribution >= 0.6 is 0 Å². The number of hydrogen-bond donors (Lipinski definition) is 1. The lowest BCUT2D eigenvalue weighted by Crippen LogP contribution is -2.27. The van der Waals surface area contributed by atoms with E-state index in [0.29, 0.717) is 13.0 Å². The van der Waals surface area contributed by atoms with Crippen LogP contribution in [0.3, 0.4) is 0 Å². The minimum absolute atomic E-state index is 0.0697. The van der Waals surface area contributed by atoms with E-state index in [4.69, 9.17) is 10.5 Å². The van der Waals surface area contributed by atoms with E-state index in [9.17, 15) is 4.79 Å². The van der Waals surface area contributed by atoms with Crippen molar-refractivity contribution in [3.05, 3.63) is 0 Å². The number of nitrogens with two attached hydrogens (primary N) is 1. The van der Waals surface area contributed by atoms with Crippen molar-refractivity contribution in [2.24, 2.45) is 17.6 Å². The van der Waals surface area contributed by atoms with Crippen LogP contribution in [-0.2, 0) is 9.53 Å². The average Bonchev–Trinajstić information content (AvgIpc) is 2.28. The summed E-state index contributed by atoms with van der Waals surface area (Å²) in [4.78, 5) is 11.6. The summed E-state index contributed by atoms with van der Waals surface area (Å²) in [6.07, 6.45) is 6.42. The Bertz CT molecular complexity index is 218. The predicted molar refractivity (Wildman–Crippen MR) is 65.0 cm³/mol. The third-order valence-corrected chi connectivity index (χ3v) is 3.53. The largest absolute Gasteiger partial charge is 0.462 e. The van der Waals surface area contributed by atoms with Crippen molar-refractivity contribution in [1.29, 1.82) is 0 Å². The third kappa shape index (κ3) is 4.52. The van der Waals surface area contributed by atoms with E-state index in [1.54, 1.807) is 0 Å². The molecule has 0 radical (unpaired) electrons. The summed E-state index contributed by atoms with van der Waals surface area (Å²) in [5.74, 6) is 0.913. The molecule has 3 nitrogen and oxygen atoms in total. The maximum absolute atomic E-state index is 11.6. The highest BCUT2D eigenvalue weighted by Crippen LogP contribution is 2.28. The smallest absolute Gasteiger partial charge is 0.306 e. The monoisotopic (exact) mass is 227 g/mol. The normalized spacial score (nSPS) is 27.4. The van der Waals surface area contributed by atoms with Gasteiger partial charge in [0, 0.05) is 6.42 Å². The molecule has 0 amide bonds. The molecule has 2 N–H and O–H groups in total. The standard InChI is InChI=1S/C13H25NO2/c1-3-11-5-4-6-12(8-11)16-13(15)7-10(2)9-14/h10-12H,3-9,14H2,1-2H3. The quantitative estimate of drug-likeness (QED) is 0.734. The van der Waals surface area contributed by atoms with E-state index in [0.717, 1.165) is 18.8 Å². The van der Waals surface area contributed by atoms with Crippen LogP contribution in [0.1, 0.15) is 52.4 Å². The van der Waals surface area contributed by atoms with Gasteiger partial charge >= 0.3 is 5.97 Å². The van der Waals surface area contributed by atoms with Crippen LogP contribution in [0.5, 0.6) is 0 Å². The second kappa shape index (κ2) is 6.89. The highest BCUT2D eigenvalue weighted by molar-refractivity contribution is 5.69. The van der Waals surface area contributed by atoms with Gasteiger partial charge in [-0.1, -0.05) is 26.7 Å². The molecule has 0 saturated heterocycles. The number of carbonyl (C=O) groups is 1. The van der Waals surface area contributed by atoms with Crippen LogP contribution in [0.4, 0.5) is 0 Å². The summed E-state index contributed by atoms with van der Waals surface area (Å²) in [5.41, 5.74) is 5.49. The van der Waals surface area contributed by atoms with Crippen LogP contribution in [0.25, 0.3) is 0 Å². The molecule has 0 heterocycles. The maximum atomic E-state index is 11.6. The van der Waals surface area contributed by atoms with Gasteiger partial charge in [-0.2, -0.15) is 0 Å². The van der Waals surface area contributed by atoms with E-state index in [1.165, 1.54) is 19.3 Å². The van der Waals surface area contributed by atoms with Crippen molar-refractivity contribution in [2.75, 3.05) is 6.54 Å². The van der Waals surface area contributed by atoms with Crippen LogP contribution in [0.2, 0.25) is 0 Å². The fourth-order valence-corrected chi connectivity index (χ4v) is 2.32. The molecule has 0 spiro atoms. The predicted octanol–water partition coefficient (Wildman–Crippen LogP) is 2.48. The molecular weight excluding hydrogens is 202 g/mol. The molecule has 1 fully saturated rings. The number of hydrogen-bond acceptors (Lipinski definition) is 3. The summed E-state index contributed by atoms with van der Waals surface area (Å²) in [6.45, 7) is 4.75. The lowest BCUT2D eigenvalue weighted by molar-refractivity contribution is -0.152. The molecule has 0 aromatic carbocycles. The molecular formula is C13H25NO2. The van der Waals surface area contributed by atoms with Crippen LogP contribution in [-0.4, -0.2) is 18.6 Å².